The minimum Gasteiger partial charge on any atom is -0.478 e. The van der Waals surface area contributed by atoms with Gasteiger partial charge in [0.2, 0.25) is 0 Å². The van der Waals surface area contributed by atoms with E-state index in [1.54, 1.807) is 0 Å². The van der Waals surface area contributed by atoms with Crippen LogP contribution in [0.25, 0.3) is 0 Å². The summed E-state index contributed by atoms with van der Waals surface area (Å²) in [6.07, 6.45) is 3.73. The summed E-state index contributed by atoms with van der Waals surface area (Å²) in [5, 5.41) is 12.6. The molecule has 1 heterocycles. The second-order valence-corrected chi connectivity index (χ2v) is 4.36. The average molecular weight is 215 g/mol. The molecule has 1 aliphatic carbocycles. The number of nitrogens with one attached hydrogen (secondary N) is 1. The highest BCUT2D eigenvalue weighted by molar-refractivity contribution is 5.90. The molecular formula is C13H13NO2. The van der Waals surface area contributed by atoms with Gasteiger partial charge >= 0.3 is 5.97 Å². The predicted octanol–water partition coefficient (Wildman–Crippen LogP) is 2.37. The van der Waals surface area contributed by atoms with Crippen molar-refractivity contribution in [3.05, 3.63) is 41.5 Å². The van der Waals surface area contributed by atoms with Gasteiger partial charge in [-0.25, -0.2) is 4.79 Å². The van der Waals surface area contributed by atoms with Crippen LogP contribution in [0.3, 0.4) is 0 Å². The first-order chi connectivity index (χ1) is 7.77. The highest BCUT2D eigenvalue weighted by Gasteiger charge is 2.38. The topological polar surface area (TPSA) is 49.3 Å². The third kappa shape index (κ3) is 1.24. The van der Waals surface area contributed by atoms with E-state index in [0.717, 1.165) is 24.1 Å². The first-order valence-corrected chi connectivity index (χ1v) is 5.56. The lowest BCUT2D eigenvalue weighted by atomic mass is 9.81. The molecule has 16 heavy (non-hydrogen) atoms. The van der Waals surface area contributed by atoms with Crippen LogP contribution in [0, 0.1) is 0 Å². The number of fused-ring (bicyclic) bond motifs is 3. The Labute approximate surface area is 93.8 Å². The molecule has 3 nitrogen and oxygen atoms in total. The molecule has 2 N–H and O–H groups in total. The van der Waals surface area contributed by atoms with Crippen molar-refractivity contribution in [2.45, 2.75) is 24.8 Å². The first-order valence-electron chi connectivity index (χ1n) is 5.56. The number of anilines is 1. The molecule has 1 aromatic carbocycles. The molecule has 0 fully saturated rings. The lowest BCUT2D eigenvalue weighted by Crippen LogP contribution is -2.27. The standard InChI is InChI=1S/C13H13NO2/c15-13(16)9-5-3-7-11-12(9)8-4-1-2-6-10(8)14-11/h1-2,4-6,11-12,14H,3,7H2,(H,15,16). The second-order valence-electron chi connectivity index (χ2n) is 4.36. The van der Waals surface area contributed by atoms with Gasteiger partial charge in [-0.05, 0) is 24.5 Å². The molecule has 2 atom stereocenters. The summed E-state index contributed by atoms with van der Waals surface area (Å²) in [5.74, 6) is -0.754. The molecular weight excluding hydrogens is 202 g/mol. The molecule has 0 saturated heterocycles. The Morgan fingerprint density at radius 2 is 2.19 bits per heavy atom. The molecule has 3 rings (SSSR count). The Balaban J connectivity index is 2.09. The van der Waals surface area contributed by atoms with Gasteiger partial charge in [-0.3, -0.25) is 0 Å². The molecule has 0 spiro atoms. The van der Waals surface area contributed by atoms with E-state index in [4.69, 9.17) is 0 Å². The van der Waals surface area contributed by atoms with Gasteiger partial charge in [-0.1, -0.05) is 24.3 Å². The van der Waals surface area contributed by atoms with E-state index in [1.807, 2.05) is 30.3 Å². The Kier molecular flexibility index (Phi) is 1.99. The van der Waals surface area contributed by atoms with Crippen LogP contribution in [0.15, 0.2) is 35.9 Å². The van der Waals surface area contributed by atoms with E-state index in [1.165, 1.54) is 0 Å². The number of benzene rings is 1. The number of carboxylic acids is 1. The molecule has 0 aromatic heterocycles. The highest BCUT2D eigenvalue weighted by atomic mass is 16.4. The number of carboxylic acid groups (broad SMARTS) is 1. The van der Waals surface area contributed by atoms with Crippen LogP contribution in [-0.2, 0) is 4.79 Å². The normalized spacial score (nSPS) is 26.4. The summed E-state index contributed by atoms with van der Waals surface area (Å²) in [6.45, 7) is 0. The third-order valence-corrected chi connectivity index (χ3v) is 3.46. The highest BCUT2D eigenvalue weighted by Crippen LogP contribution is 2.44. The van der Waals surface area contributed by atoms with Crippen molar-refractivity contribution >= 4 is 11.7 Å². The summed E-state index contributed by atoms with van der Waals surface area (Å²) >= 11 is 0. The quantitative estimate of drug-likeness (QED) is 0.756. The minimum absolute atomic E-state index is 0.0300. The van der Waals surface area contributed by atoms with Crippen molar-refractivity contribution in [3.8, 4) is 0 Å². The maximum Gasteiger partial charge on any atom is 0.331 e. The zero-order valence-corrected chi connectivity index (χ0v) is 8.81. The van der Waals surface area contributed by atoms with Crippen LogP contribution in [0.5, 0.6) is 0 Å². The van der Waals surface area contributed by atoms with Gasteiger partial charge in [0.05, 0.1) is 0 Å². The van der Waals surface area contributed by atoms with Crippen LogP contribution >= 0.6 is 0 Å². The van der Waals surface area contributed by atoms with Crippen LogP contribution < -0.4 is 5.32 Å². The molecule has 2 unspecified atom stereocenters. The Bertz CT molecular complexity index is 479. The van der Waals surface area contributed by atoms with Crippen LogP contribution in [-0.4, -0.2) is 17.1 Å². The van der Waals surface area contributed by atoms with Gasteiger partial charge in [-0.15, -0.1) is 0 Å². The lowest BCUT2D eigenvalue weighted by Gasteiger charge is -2.24. The zero-order valence-electron chi connectivity index (χ0n) is 8.81. The fourth-order valence-electron chi connectivity index (χ4n) is 2.79. The largest absolute Gasteiger partial charge is 0.478 e. The molecule has 1 aromatic rings. The smallest absolute Gasteiger partial charge is 0.331 e. The summed E-state index contributed by atoms with van der Waals surface area (Å²) in [5.41, 5.74) is 2.76. The van der Waals surface area contributed by atoms with E-state index < -0.39 is 5.97 Å². The van der Waals surface area contributed by atoms with Gasteiger partial charge in [0.1, 0.15) is 0 Å². The Morgan fingerprint density at radius 3 is 3.00 bits per heavy atom. The summed E-state index contributed by atoms with van der Waals surface area (Å²) < 4.78 is 0. The first kappa shape index (κ1) is 9.46. The molecule has 0 amide bonds. The molecule has 3 heteroatoms. The number of para-hydroxylation sites is 1. The van der Waals surface area contributed by atoms with Gasteiger partial charge in [0.25, 0.3) is 0 Å². The Hall–Kier alpha value is -1.77. The van der Waals surface area contributed by atoms with Gasteiger partial charge in [-0.2, -0.15) is 0 Å². The maximum absolute atomic E-state index is 11.2. The number of aliphatic carboxylic acids is 1. The predicted molar refractivity (Wildman–Crippen MR) is 61.5 cm³/mol. The molecule has 1 aliphatic heterocycles. The van der Waals surface area contributed by atoms with E-state index in [-0.39, 0.29) is 12.0 Å². The van der Waals surface area contributed by atoms with Crippen molar-refractivity contribution in [1.82, 2.24) is 0 Å². The van der Waals surface area contributed by atoms with Gasteiger partial charge in [0, 0.05) is 23.2 Å². The van der Waals surface area contributed by atoms with Crippen molar-refractivity contribution in [2.75, 3.05) is 5.32 Å². The number of rotatable bonds is 1. The fourth-order valence-corrected chi connectivity index (χ4v) is 2.79. The Morgan fingerprint density at radius 1 is 1.38 bits per heavy atom. The number of allylic oxidation sites excluding steroid dienone is 1. The summed E-state index contributed by atoms with van der Waals surface area (Å²) in [6, 6.07) is 8.25. The number of hydrogen-bond acceptors (Lipinski definition) is 2. The van der Waals surface area contributed by atoms with E-state index >= 15 is 0 Å². The van der Waals surface area contributed by atoms with E-state index in [9.17, 15) is 9.90 Å². The van der Waals surface area contributed by atoms with Crippen LogP contribution in [0.1, 0.15) is 24.3 Å². The van der Waals surface area contributed by atoms with Crippen LogP contribution in [0.4, 0.5) is 5.69 Å². The monoisotopic (exact) mass is 215 g/mol. The molecule has 0 radical (unpaired) electrons. The zero-order chi connectivity index (χ0) is 11.1. The van der Waals surface area contributed by atoms with Gasteiger partial charge < -0.3 is 10.4 Å². The second kappa shape index (κ2) is 3.37. The number of carbonyl (C=O) groups is 1. The van der Waals surface area contributed by atoms with Crippen molar-refractivity contribution < 1.29 is 9.90 Å². The molecule has 2 aliphatic rings. The SMILES string of the molecule is O=C(O)C1=CCCC2Nc3ccccc3C12. The van der Waals surface area contributed by atoms with E-state index in [2.05, 4.69) is 5.32 Å². The molecule has 82 valence electrons. The molecule has 0 saturated carbocycles. The minimum atomic E-state index is -0.784. The van der Waals surface area contributed by atoms with Crippen LogP contribution in [0.2, 0.25) is 0 Å². The van der Waals surface area contributed by atoms with Crippen molar-refractivity contribution in [1.29, 1.82) is 0 Å². The lowest BCUT2D eigenvalue weighted by molar-refractivity contribution is -0.133. The third-order valence-electron chi connectivity index (χ3n) is 3.46. The number of hydrogen-bond donors (Lipinski definition) is 2. The van der Waals surface area contributed by atoms with Gasteiger partial charge in [0.15, 0.2) is 0 Å². The summed E-state index contributed by atoms with van der Waals surface area (Å²) in [7, 11) is 0. The van der Waals surface area contributed by atoms with Crippen molar-refractivity contribution in [3.63, 3.8) is 0 Å². The fraction of sp³-hybridized carbons (Fsp3) is 0.308. The van der Waals surface area contributed by atoms with E-state index in [0.29, 0.717) is 5.57 Å². The molecule has 0 bridgehead atoms. The summed E-state index contributed by atoms with van der Waals surface area (Å²) in [4.78, 5) is 11.2. The maximum atomic E-state index is 11.2. The average Bonchev–Trinajstić information content (AvgIpc) is 2.66. The van der Waals surface area contributed by atoms with Crippen molar-refractivity contribution in [2.24, 2.45) is 0 Å².